The number of hydrogen-bond donors (Lipinski definition) is 1. The Hall–Kier alpha value is -2.08. The van der Waals surface area contributed by atoms with Crippen molar-refractivity contribution in [3.05, 3.63) is 42.2 Å². The predicted octanol–water partition coefficient (Wildman–Crippen LogP) is 1.95. The SMILES string of the molecule is N#Cc1ccccc1-c1cn[nH]c1. The normalized spacial score (nSPS) is 9.46. The van der Waals surface area contributed by atoms with Gasteiger partial charge >= 0.3 is 0 Å². The van der Waals surface area contributed by atoms with Crippen LogP contribution in [0.3, 0.4) is 0 Å². The molecule has 0 amide bonds. The van der Waals surface area contributed by atoms with E-state index in [1.807, 2.05) is 18.2 Å². The number of aromatic nitrogens is 2. The summed E-state index contributed by atoms with van der Waals surface area (Å²) in [5, 5.41) is 15.4. The zero-order chi connectivity index (χ0) is 9.10. The molecule has 3 heteroatoms. The molecule has 1 N–H and O–H groups in total. The molecule has 1 aromatic heterocycles. The molecule has 0 atom stereocenters. The predicted molar refractivity (Wildman–Crippen MR) is 48.7 cm³/mol. The van der Waals surface area contributed by atoms with Crippen molar-refractivity contribution < 1.29 is 0 Å². The summed E-state index contributed by atoms with van der Waals surface area (Å²) in [6.45, 7) is 0. The van der Waals surface area contributed by atoms with Crippen LogP contribution < -0.4 is 0 Å². The monoisotopic (exact) mass is 169 g/mol. The Kier molecular flexibility index (Phi) is 1.81. The van der Waals surface area contributed by atoms with Gasteiger partial charge in [0.15, 0.2) is 0 Å². The Morgan fingerprint density at radius 2 is 2.15 bits per heavy atom. The van der Waals surface area contributed by atoms with Crippen LogP contribution in [0.2, 0.25) is 0 Å². The van der Waals surface area contributed by atoms with Crippen molar-refractivity contribution in [3.8, 4) is 17.2 Å². The second-order valence-electron chi connectivity index (χ2n) is 2.64. The van der Waals surface area contributed by atoms with Gasteiger partial charge in [-0.1, -0.05) is 18.2 Å². The summed E-state index contributed by atoms with van der Waals surface area (Å²) in [6.07, 6.45) is 3.48. The highest BCUT2D eigenvalue weighted by Crippen LogP contribution is 2.21. The molecule has 3 nitrogen and oxygen atoms in total. The maximum Gasteiger partial charge on any atom is 0.0998 e. The Morgan fingerprint density at radius 3 is 2.85 bits per heavy atom. The van der Waals surface area contributed by atoms with E-state index < -0.39 is 0 Å². The molecule has 0 unspecified atom stereocenters. The summed E-state index contributed by atoms with van der Waals surface area (Å²) in [5.74, 6) is 0. The quantitative estimate of drug-likeness (QED) is 0.709. The topological polar surface area (TPSA) is 52.5 Å². The molecule has 0 spiro atoms. The summed E-state index contributed by atoms with van der Waals surface area (Å²) in [7, 11) is 0. The number of nitrogens with zero attached hydrogens (tertiary/aromatic N) is 2. The highest BCUT2D eigenvalue weighted by atomic mass is 15.1. The largest absolute Gasteiger partial charge is 0.285 e. The van der Waals surface area contributed by atoms with Crippen molar-refractivity contribution >= 4 is 0 Å². The van der Waals surface area contributed by atoms with Crippen LogP contribution in [-0.4, -0.2) is 10.2 Å². The van der Waals surface area contributed by atoms with E-state index in [1.165, 1.54) is 0 Å². The number of aromatic amines is 1. The zero-order valence-electron chi connectivity index (χ0n) is 6.86. The average molecular weight is 169 g/mol. The van der Waals surface area contributed by atoms with Gasteiger partial charge in [0.05, 0.1) is 17.8 Å². The number of nitriles is 1. The minimum absolute atomic E-state index is 0.670. The fourth-order valence-corrected chi connectivity index (χ4v) is 1.23. The van der Waals surface area contributed by atoms with Gasteiger partial charge in [-0.15, -0.1) is 0 Å². The van der Waals surface area contributed by atoms with Gasteiger partial charge in [0, 0.05) is 17.3 Å². The van der Waals surface area contributed by atoms with E-state index in [2.05, 4.69) is 16.3 Å². The van der Waals surface area contributed by atoms with Gasteiger partial charge in [0.1, 0.15) is 0 Å². The highest BCUT2D eigenvalue weighted by molar-refractivity contribution is 5.68. The number of hydrogen-bond acceptors (Lipinski definition) is 2. The van der Waals surface area contributed by atoms with Crippen molar-refractivity contribution in [2.45, 2.75) is 0 Å². The van der Waals surface area contributed by atoms with Crippen LogP contribution in [0.4, 0.5) is 0 Å². The fraction of sp³-hybridized carbons (Fsp3) is 0. The lowest BCUT2D eigenvalue weighted by molar-refractivity contribution is 1.09. The third-order valence-corrected chi connectivity index (χ3v) is 1.86. The lowest BCUT2D eigenvalue weighted by atomic mass is 10.0. The molecule has 0 aliphatic carbocycles. The second-order valence-corrected chi connectivity index (χ2v) is 2.64. The van der Waals surface area contributed by atoms with E-state index in [0.29, 0.717) is 5.56 Å². The molecule has 1 aromatic carbocycles. The van der Waals surface area contributed by atoms with Gasteiger partial charge in [-0.25, -0.2) is 0 Å². The summed E-state index contributed by atoms with van der Waals surface area (Å²) in [6, 6.07) is 9.60. The molecule has 2 aromatic rings. The first-order chi connectivity index (χ1) is 6.42. The maximum atomic E-state index is 8.84. The van der Waals surface area contributed by atoms with Crippen molar-refractivity contribution in [1.82, 2.24) is 10.2 Å². The molecule has 2 rings (SSSR count). The smallest absolute Gasteiger partial charge is 0.0998 e. The lowest BCUT2D eigenvalue weighted by Gasteiger charge is -1.97. The Bertz CT molecular complexity index is 437. The molecule has 0 aliphatic heterocycles. The van der Waals surface area contributed by atoms with E-state index >= 15 is 0 Å². The van der Waals surface area contributed by atoms with Crippen molar-refractivity contribution in [2.24, 2.45) is 0 Å². The van der Waals surface area contributed by atoms with Crippen molar-refractivity contribution in [1.29, 1.82) is 5.26 Å². The minimum atomic E-state index is 0.670. The molecule has 13 heavy (non-hydrogen) atoms. The van der Waals surface area contributed by atoms with E-state index in [4.69, 9.17) is 5.26 Å². The highest BCUT2D eigenvalue weighted by Gasteiger charge is 2.03. The average Bonchev–Trinajstić information content (AvgIpc) is 2.70. The van der Waals surface area contributed by atoms with Gasteiger partial charge in [-0.05, 0) is 6.07 Å². The van der Waals surface area contributed by atoms with E-state index in [0.717, 1.165) is 11.1 Å². The van der Waals surface area contributed by atoms with E-state index in [1.54, 1.807) is 18.5 Å². The van der Waals surface area contributed by atoms with Crippen LogP contribution >= 0.6 is 0 Å². The van der Waals surface area contributed by atoms with Crippen LogP contribution in [0.1, 0.15) is 5.56 Å². The zero-order valence-corrected chi connectivity index (χ0v) is 6.86. The second kappa shape index (κ2) is 3.11. The van der Waals surface area contributed by atoms with Crippen LogP contribution in [0.25, 0.3) is 11.1 Å². The maximum absolute atomic E-state index is 8.84. The fourth-order valence-electron chi connectivity index (χ4n) is 1.23. The molecule has 0 fully saturated rings. The molecule has 62 valence electrons. The lowest BCUT2D eigenvalue weighted by Crippen LogP contribution is -1.80. The van der Waals surface area contributed by atoms with Crippen LogP contribution in [0.5, 0.6) is 0 Å². The van der Waals surface area contributed by atoms with Gasteiger partial charge in [-0.3, -0.25) is 5.10 Å². The molecule has 0 saturated carbocycles. The first-order valence-electron chi connectivity index (χ1n) is 3.90. The third kappa shape index (κ3) is 1.30. The summed E-state index contributed by atoms with van der Waals surface area (Å²) in [4.78, 5) is 0. The number of rotatable bonds is 1. The van der Waals surface area contributed by atoms with Gasteiger partial charge in [0.2, 0.25) is 0 Å². The molecule has 0 bridgehead atoms. The Labute approximate surface area is 75.6 Å². The summed E-state index contributed by atoms with van der Waals surface area (Å²) >= 11 is 0. The van der Waals surface area contributed by atoms with Crippen molar-refractivity contribution in [2.75, 3.05) is 0 Å². The first kappa shape index (κ1) is 7.56. The first-order valence-corrected chi connectivity index (χ1v) is 3.90. The Balaban J connectivity index is 2.59. The molecule has 0 aliphatic rings. The third-order valence-electron chi connectivity index (χ3n) is 1.86. The van der Waals surface area contributed by atoms with Crippen LogP contribution in [-0.2, 0) is 0 Å². The standard InChI is InChI=1S/C10H7N3/c11-5-8-3-1-2-4-10(8)9-6-12-13-7-9/h1-4,6-7H,(H,12,13). The summed E-state index contributed by atoms with van der Waals surface area (Å²) in [5.41, 5.74) is 2.53. The Morgan fingerprint density at radius 1 is 1.31 bits per heavy atom. The molecule has 0 saturated heterocycles. The number of H-pyrrole nitrogens is 1. The van der Waals surface area contributed by atoms with Gasteiger partial charge in [0.25, 0.3) is 0 Å². The molecule has 0 radical (unpaired) electrons. The van der Waals surface area contributed by atoms with Crippen LogP contribution in [0.15, 0.2) is 36.7 Å². The summed E-state index contributed by atoms with van der Waals surface area (Å²) < 4.78 is 0. The van der Waals surface area contributed by atoms with E-state index in [9.17, 15) is 0 Å². The van der Waals surface area contributed by atoms with Gasteiger partial charge < -0.3 is 0 Å². The van der Waals surface area contributed by atoms with Crippen molar-refractivity contribution in [3.63, 3.8) is 0 Å². The van der Waals surface area contributed by atoms with Crippen LogP contribution in [0, 0.1) is 11.3 Å². The molecule has 1 heterocycles. The van der Waals surface area contributed by atoms with Gasteiger partial charge in [-0.2, -0.15) is 10.4 Å². The molecular weight excluding hydrogens is 162 g/mol. The molecular formula is C10H7N3. The number of benzene rings is 1. The van der Waals surface area contributed by atoms with E-state index in [-0.39, 0.29) is 0 Å². The number of nitrogens with one attached hydrogen (secondary N) is 1. The minimum Gasteiger partial charge on any atom is -0.285 e.